The minimum atomic E-state index is 0.00377. The molecule has 1 rings (SSSR count). The fraction of sp³-hybridized carbons (Fsp3) is 0.462. The highest BCUT2D eigenvalue weighted by molar-refractivity contribution is 6.30. The fourth-order valence-corrected chi connectivity index (χ4v) is 1.43. The molecule has 0 saturated heterocycles. The van der Waals surface area contributed by atoms with Gasteiger partial charge in [-0.25, -0.2) is 0 Å². The van der Waals surface area contributed by atoms with Gasteiger partial charge in [0.25, 0.3) is 0 Å². The number of anilines is 1. The Kier molecular flexibility index (Phi) is 4.97. The summed E-state index contributed by atoms with van der Waals surface area (Å²) in [7, 11) is 0. The monoisotopic (exact) mass is 254 g/mol. The van der Waals surface area contributed by atoms with Gasteiger partial charge < -0.3 is 10.6 Å². The van der Waals surface area contributed by atoms with Crippen molar-refractivity contribution >= 4 is 23.2 Å². The van der Waals surface area contributed by atoms with Crippen molar-refractivity contribution in [2.24, 2.45) is 0 Å². The maximum Gasteiger partial charge on any atom is 0.225 e. The Hall–Kier alpha value is -1.06. The molecule has 1 aromatic carbocycles. The highest BCUT2D eigenvalue weighted by atomic mass is 35.5. The molecule has 0 radical (unpaired) electrons. The van der Waals surface area contributed by atoms with Crippen molar-refractivity contribution in [3.8, 4) is 0 Å². The average molecular weight is 255 g/mol. The molecule has 0 spiro atoms. The summed E-state index contributed by atoms with van der Waals surface area (Å²) in [6.07, 6.45) is 0.458. The van der Waals surface area contributed by atoms with Crippen LogP contribution in [0.3, 0.4) is 0 Å². The zero-order valence-electron chi connectivity index (χ0n) is 10.5. The molecule has 0 aliphatic heterocycles. The number of halogens is 1. The minimum Gasteiger partial charge on any atom is -0.326 e. The highest BCUT2D eigenvalue weighted by Crippen LogP contribution is 2.13. The summed E-state index contributed by atoms with van der Waals surface area (Å²) in [5.41, 5.74) is 0.816. The standard InChI is InChI=1S/C13H19ClN2O/c1-13(2,3)15-9-8-12(17)16-11-6-4-10(14)5-7-11/h4-7,15H,8-9H2,1-3H3,(H,16,17). The molecule has 0 aromatic heterocycles. The van der Waals surface area contributed by atoms with Gasteiger partial charge in [-0.2, -0.15) is 0 Å². The molecule has 0 unspecified atom stereocenters. The topological polar surface area (TPSA) is 41.1 Å². The van der Waals surface area contributed by atoms with Crippen molar-refractivity contribution in [1.29, 1.82) is 0 Å². The van der Waals surface area contributed by atoms with Crippen LogP contribution in [0.15, 0.2) is 24.3 Å². The highest BCUT2D eigenvalue weighted by Gasteiger charge is 2.09. The van der Waals surface area contributed by atoms with Crippen LogP contribution in [-0.2, 0) is 4.79 Å². The molecule has 94 valence electrons. The molecule has 0 fully saturated rings. The predicted octanol–water partition coefficient (Wildman–Crippen LogP) is 3.06. The molecule has 0 bridgehead atoms. The molecule has 0 saturated carbocycles. The Morgan fingerprint density at radius 2 is 1.82 bits per heavy atom. The molecule has 3 nitrogen and oxygen atoms in total. The minimum absolute atomic E-state index is 0.00377. The van der Waals surface area contributed by atoms with E-state index in [2.05, 4.69) is 31.4 Å². The van der Waals surface area contributed by atoms with Gasteiger partial charge in [0.2, 0.25) is 5.91 Å². The summed E-state index contributed by atoms with van der Waals surface area (Å²) in [6.45, 7) is 6.89. The number of nitrogens with one attached hydrogen (secondary N) is 2. The van der Waals surface area contributed by atoms with E-state index in [9.17, 15) is 4.79 Å². The first kappa shape index (κ1) is 14.0. The van der Waals surface area contributed by atoms with Crippen LogP contribution < -0.4 is 10.6 Å². The van der Waals surface area contributed by atoms with E-state index in [1.54, 1.807) is 24.3 Å². The van der Waals surface area contributed by atoms with Gasteiger partial charge in [-0.15, -0.1) is 0 Å². The van der Waals surface area contributed by atoms with Gasteiger partial charge >= 0.3 is 0 Å². The lowest BCUT2D eigenvalue weighted by molar-refractivity contribution is -0.116. The third-order valence-corrected chi connectivity index (χ3v) is 2.39. The Labute approximate surface area is 108 Å². The first-order chi connectivity index (χ1) is 7.87. The van der Waals surface area contributed by atoms with Crippen molar-refractivity contribution in [2.75, 3.05) is 11.9 Å². The van der Waals surface area contributed by atoms with Gasteiger partial charge in [-0.05, 0) is 45.0 Å². The van der Waals surface area contributed by atoms with Crippen LogP contribution in [0.5, 0.6) is 0 Å². The Balaban J connectivity index is 2.32. The smallest absolute Gasteiger partial charge is 0.225 e. The van der Waals surface area contributed by atoms with Gasteiger partial charge in [0.1, 0.15) is 0 Å². The Morgan fingerprint density at radius 3 is 2.35 bits per heavy atom. The molecular formula is C13H19ClN2O. The molecule has 0 aliphatic carbocycles. The molecule has 1 amide bonds. The second kappa shape index (κ2) is 6.03. The molecule has 4 heteroatoms. The lowest BCUT2D eigenvalue weighted by Gasteiger charge is -2.20. The molecule has 0 atom stereocenters. The first-order valence-electron chi connectivity index (χ1n) is 5.67. The van der Waals surface area contributed by atoms with Crippen molar-refractivity contribution in [3.05, 3.63) is 29.3 Å². The fourth-order valence-electron chi connectivity index (χ4n) is 1.31. The Bertz CT molecular complexity index is 368. The second-order valence-corrected chi connectivity index (χ2v) is 5.42. The van der Waals surface area contributed by atoms with Crippen LogP contribution in [0.4, 0.5) is 5.69 Å². The van der Waals surface area contributed by atoms with E-state index in [4.69, 9.17) is 11.6 Å². The number of hydrogen-bond donors (Lipinski definition) is 2. The Morgan fingerprint density at radius 1 is 1.24 bits per heavy atom. The summed E-state index contributed by atoms with van der Waals surface area (Å²) in [6, 6.07) is 7.09. The third-order valence-electron chi connectivity index (χ3n) is 2.14. The van der Waals surface area contributed by atoms with E-state index >= 15 is 0 Å². The largest absolute Gasteiger partial charge is 0.326 e. The maximum atomic E-state index is 11.6. The zero-order chi connectivity index (χ0) is 12.9. The summed E-state index contributed by atoms with van der Waals surface area (Å²) in [5.74, 6) is 0.00377. The summed E-state index contributed by atoms with van der Waals surface area (Å²) < 4.78 is 0. The van der Waals surface area contributed by atoms with Crippen LogP contribution in [0.2, 0.25) is 5.02 Å². The van der Waals surface area contributed by atoms with E-state index < -0.39 is 0 Å². The quantitative estimate of drug-likeness (QED) is 0.867. The van der Waals surface area contributed by atoms with E-state index in [1.165, 1.54) is 0 Å². The maximum absolute atomic E-state index is 11.6. The van der Waals surface area contributed by atoms with Gasteiger partial charge in [0, 0.05) is 29.2 Å². The molecule has 2 N–H and O–H groups in total. The van der Waals surface area contributed by atoms with Crippen LogP contribution in [-0.4, -0.2) is 18.0 Å². The SMILES string of the molecule is CC(C)(C)NCCC(=O)Nc1ccc(Cl)cc1. The van der Waals surface area contributed by atoms with E-state index in [0.717, 1.165) is 5.69 Å². The summed E-state index contributed by atoms with van der Waals surface area (Å²) in [5, 5.41) is 6.75. The van der Waals surface area contributed by atoms with Crippen LogP contribution >= 0.6 is 11.6 Å². The van der Waals surface area contributed by atoms with Crippen molar-refractivity contribution < 1.29 is 4.79 Å². The van der Waals surface area contributed by atoms with E-state index in [0.29, 0.717) is 18.0 Å². The van der Waals surface area contributed by atoms with Gasteiger partial charge in [-0.1, -0.05) is 11.6 Å². The number of carbonyl (C=O) groups excluding carboxylic acids is 1. The van der Waals surface area contributed by atoms with E-state index in [1.807, 2.05) is 0 Å². The zero-order valence-corrected chi connectivity index (χ0v) is 11.3. The number of hydrogen-bond acceptors (Lipinski definition) is 2. The van der Waals surface area contributed by atoms with Crippen molar-refractivity contribution in [1.82, 2.24) is 5.32 Å². The van der Waals surface area contributed by atoms with Crippen LogP contribution in [0.25, 0.3) is 0 Å². The van der Waals surface area contributed by atoms with Crippen molar-refractivity contribution in [2.45, 2.75) is 32.7 Å². The van der Waals surface area contributed by atoms with Crippen LogP contribution in [0.1, 0.15) is 27.2 Å². The number of amides is 1. The molecule has 1 aromatic rings. The second-order valence-electron chi connectivity index (χ2n) is 4.98. The summed E-state index contributed by atoms with van der Waals surface area (Å²) in [4.78, 5) is 11.6. The lowest BCUT2D eigenvalue weighted by atomic mass is 10.1. The molecular weight excluding hydrogens is 236 g/mol. The third kappa shape index (κ3) is 6.29. The van der Waals surface area contributed by atoms with Crippen molar-refractivity contribution in [3.63, 3.8) is 0 Å². The van der Waals surface area contributed by atoms with E-state index in [-0.39, 0.29) is 11.4 Å². The van der Waals surface area contributed by atoms with Gasteiger partial charge in [0.05, 0.1) is 0 Å². The number of benzene rings is 1. The van der Waals surface area contributed by atoms with Gasteiger partial charge in [-0.3, -0.25) is 4.79 Å². The molecule has 0 aliphatic rings. The predicted molar refractivity (Wildman–Crippen MR) is 72.5 cm³/mol. The van der Waals surface area contributed by atoms with Gasteiger partial charge in [0.15, 0.2) is 0 Å². The average Bonchev–Trinajstić information content (AvgIpc) is 2.19. The normalized spacial score (nSPS) is 11.3. The lowest BCUT2D eigenvalue weighted by Crippen LogP contribution is -2.37. The van der Waals surface area contributed by atoms with Crippen LogP contribution in [0, 0.1) is 0 Å². The molecule has 17 heavy (non-hydrogen) atoms. The number of rotatable bonds is 4. The first-order valence-corrected chi connectivity index (χ1v) is 6.05. The summed E-state index contributed by atoms with van der Waals surface area (Å²) >= 11 is 5.76. The number of carbonyl (C=O) groups is 1. The molecule has 0 heterocycles.